The Hall–Kier alpha value is -2.61. The first-order valence-corrected chi connectivity index (χ1v) is 4.53. The van der Waals surface area contributed by atoms with Crippen molar-refractivity contribution in [1.82, 2.24) is 4.98 Å². The summed E-state index contributed by atoms with van der Waals surface area (Å²) in [4.78, 5) is 12.6. The number of fused-ring (bicyclic) bond motifs is 1. The lowest BCUT2D eigenvalue weighted by molar-refractivity contribution is -0.400. The summed E-state index contributed by atoms with van der Waals surface area (Å²) in [7, 11) is 0. The molecule has 1 aromatic carbocycles. The highest BCUT2D eigenvalue weighted by atomic mass is 16.6. The zero-order valence-corrected chi connectivity index (χ0v) is 8.18. The molecule has 0 aliphatic heterocycles. The van der Waals surface area contributed by atoms with E-state index in [1.165, 1.54) is 6.08 Å². The SMILES string of the molecule is N#Cc1ccc2c(C=C[N+](=O)[O-])c[nH]c2c1. The van der Waals surface area contributed by atoms with Crippen molar-refractivity contribution in [2.75, 3.05) is 0 Å². The lowest BCUT2D eigenvalue weighted by Gasteiger charge is -1.91. The Balaban J connectivity index is 2.50. The minimum Gasteiger partial charge on any atom is -0.361 e. The van der Waals surface area contributed by atoms with Crippen molar-refractivity contribution >= 4 is 17.0 Å². The van der Waals surface area contributed by atoms with E-state index in [1.807, 2.05) is 6.07 Å². The summed E-state index contributed by atoms with van der Waals surface area (Å²) < 4.78 is 0. The van der Waals surface area contributed by atoms with Gasteiger partial charge in [0.15, 0.2) is 0 Å². The average molecular weight is 213 g/mol. The number of H-pyrrole nitrogens is 1. The molecule has 0 spiro atoms. The van der Waals surface area contributed by atoms with E-state index >= 15 is 0 Å². The van der Waals surface area contributed by atoms with Crippen LogP contribution in [-0.2, 0) is 0 Å². The topological polar surface area (TPSA) is 82.7 Å². The van der Waals surface area contributed by atoms with Gasteiger partial charge in [-0.3, -0.25) is 10.1 Å². The number of nitrogens with one attached hydrogen (secondary N) is 1. The smallest absolute Gasteiger partial charge is 0.235 e. The number of hydrogen-bond donors (Lipinski definition) is 1. The van der Waals surface area contributed by atoms with Crippen molar-refractivity contribution < 1.29 is 4.92 Å². The van der Waals surface area contributed by atoms with Gasteiger partial charge in [-0.2, -0.15) is 5.26 Å². The van der Waals surface area contributed by atoms with Crippen LogP contribution in [0.25, 0.3) is 17.0 Å². The normalized spacial score (nSPS) is 10.7. The second-order valence-corrected chi connectivity index (χ2v) is 3.22. The number of rotatable bonds is 2. The fourth-order valence-electron chi connectivity index (χ4n) is 1.50. The highest BCUT2D eigenvalue weighted by Gasteiger charge is 2.02. The van der Waals surface area contributed by atoms with Crippen molar-refractivity contribution in [1.29, 1.82) is 5.26 Å². The molecule has 2 aromatic rings. The van der Waals surface area contributed by atoms with Crippen LogP contribution < -0.4 is 0 Å². The van der Waals surface area contributed by atoms with Gasteiger partial charge in [0.25, 0.3) is 0 Å². The maximum absolute atomic E-state index is 10.2. The third-order valence-electron chi connectivity index (χ3n) is 2.22. The van der Waals surface area contributed by atoms with Gasteiger partial charge >= 0.3 is 0 Å². The van der Waals surface area contributed by atoms with E-state index in [-0.39, 0.29) is 0 Å². The molecule has 0 saturated heterocycles. The Labute approximate surface area is 90.8 Å². The van der Waals surface area contributed by atoms with E-state index in [0.717, 1.165) is 22.7 Å². The van der Waals surface area contributed by atoms with Gasteiger partial charge in [-0.25, -0.2) is 0 Å². The van der Waals surface area contributed by atoms with Gasteiger partial charge in [0, 0.05) is 28.7 Å². The van der Waals surface area contributed by atoms with E-state index < -0.39 is 4.92 Å². The van der Waals surface area contributed by atoms with Crippen molar-refractivity contribution in [3.8, 4) is 6.07 Å². The van der Waals surface area contributed by atoms with Crippen LogP contribution in [0.2, 0.25) is 0 Å². The maximum atomic E-state index is 10.2. The molecule has 0 amide bonds. The summed E-state index contributed by atoms with van der Waals surface area (Å²) in [5.74, 6) is 0. The number of benzene rings is 1. The molecule has 0 atom stereocenters. The summed E-state index contributed by atoms with van der Waals surface area (Å²) >= 11 is 0. The van der Waals surface area contributed by atoms with E-state index in [0.29, 0.717) is 5.56 Å². The molecule has 1 heterocycles. The molecule has 0 unspecified atom stereocenters. The van der Waals surface area contributed by atoms with Gasteiger partial charge in [0.1, 0.15) is 0 Å². The standard InChI is InChI=1S/C11H7N3O2/c12-6-8-1-2-10-9(3-4-14(15)16)7-13-11(10)5-8/h1-5,7,13H. The van der Waals surface area contributed by atoms with E-state index in [1.54, 1.807) is 24.4 Å². The number of nitrogens with zero attached hydrogens (tertiary/aromatic N) is 2. The fraction of sp³-hybridized carbons (Fsp3) is 0. The highest BCUT2D eigenvalue weighted by Crippen LogP contribution is 2.20. The van der Waals surface area contributed by atoms with Gasteiger partial charge < -0.3 is 4.98 Å². The molecule has 0 aliphatic carbocycles. The molecular formula is C11H7N3O2. The van der Waals surface area contributed by atoms with Crippen LogP contribution in [0.15, 0.2) is 30.6 Å². The summed E-state index contributed by atoms with van der Waals surface area (Å²) in [6.45, 7) is 0. The summed E-state index contributed by atoms with van der Waals surface area (Å²) in [6.07, 6.45) is 3.98. The number of hydrogen-bond acceptors (Lipinski definition) is 3. The molecule has 0 saturated carbocycles. The second-order valence-electron chi connectivity index (χ2n) is 3.22. The van der Waals surface area contributed by atoms with Crippen LogP contribution in [0.3, 0.4) is 0 Å². The van der Waals surface area contributed by atoms with E-state index in [9.17, 15) is 10.1 Å². The first kappa shape index (κ1) is 9.93. The van der Waals surface area contributed by atoms with Crippen LogP contribution in [-0.4, -0.2) is 9.91 Å². The third-order valence-corrected chi connectivity index (χ3v) is 2.22. The zero-order valence-electron chi connectivity index (χ0n) is 8.18. The monoisotopic (exact) mass is 213 g/mol. The van der Waals surface area contributed by atoms with Crippen molar-refractivity contribution in [2.45, 2.75) is 0 Å². The molecule has 0 radical (unpaired) electrons. The average Bonchev–Trinajstić information content (AvgIpc) is 2.68. The molecule has 16 heavy (non-hydrogen) atoms. The lowest BCUT2D eigenvalue weighted by Crippen LogP contribution is -1.81. The number of nitro groups is 1. The molecule has 5 heteroatoms. The molecule has 0 aliphatic rings. The molecule has 2 rings (SSSR count). The zero-order chi connectivity index (χ0) is 11.5. The minimum absolute atomic E-state index is 0.511. The molecular weight excluding hydrogens is 206 g/mol. The van der Waals surface area contributed by atoms with E-state index in [4.69, 9.17) is 5.26 Å². The van der Waals surface area contributed by atoms with Gasteiger partial charge in [0.05, 0.1) is 16.6 Å². The lowest BCUT2D eigenvalue weighted by atomic mass is 10.1. The molecule has 78 valence electrons. The van der Waals surface area contributed by atoms with Gasteiger partial charge in [-0.05, 0) is 12.1 Å². The maximum Gasteiger partial charge on any atom is 0.235 e. The van der Waals surface area contributed by atoms with Crippen LogP contribution >= 0.6 is 0 Å². The quantitative estimate of drug-likeness (QED) is 0.613. The van der Waals surface area contributed by atoms with Crippen LogP contribution in [0.4, 0.5) is 0 Å². The summed E-state index contributed by atoms with van der Waals surface area (Å²) in [5.41, 5.74) is 2.08. The Morgan fingerprint density at radius 1 is 1.50 bits per heavy atom. The Kier molecular flexibility index (Phi) is 2.40. The van der Waals surface area contributed by atoms with Crippen molar-refractivity contribution in [2.24, 2.45) is 0 Å². The van der Waals surface area contributed by atoms with Crippen molar-refractivity contribution in [3.05, 3.63) is 51.8 Å². The number of aromatic amines is 1. The van der Waals surface area contributed by atoms with Crippen LogP contribution in [0, 0.1) is 21.4 Å². The van der Waals surface area contributed by atoms with Gasteiger partial charge in [-0.1, -0.05) is 6.07 Å². The summed E-state index contributed by atoms with van der Waals surface area (Å²) in [5, 5.41) is 19.8. The molecule has 1 aromatic heterocycles. The Bertz CT molecular complexity index is 620. The van der Waals surface area contributed by atoms with Crippen LogP contribution in [0.5, 0.6) is 0 Å². The number of nitriles is 1. The first-order chi connectivity index (χ1) is 7.70. The predicted octanol–water partition coefficient (Wildman–Crippen LogP) is 2.29. The van der Waals surface area contributed by atoms with Crippen molar-refractivity contribution in [3.63, 3.8) is 0 Å². The first-order valence-electron chi connectivity index (χ1n) is 4.53. The largest absolute Gasteiger partial charge is 0.361 e. The second kappa shape index (κ2) is 3.87. The highest BCUT2D eigenvalue weighted by molar-refractivity contribution is 5.89. The number of aromatic nitrogens is 1. The molecule has 5 nitrogen and oxygen atoms in total. The Morgan fingerprint density at radius 2 is 2.31 bits per heavy atom. The Morgan fingerprint density at radius 3 is 3.00 bits per heavy atom. The van der Waals surface area contributed by atoms with Gasteiger partial charge in [-0.15, -0.1) is 0 Å². The molecule has 0 fully saturated rings. The predicted molar refractivity (Wildman–Crippen MR) is 59.0 cm³/mol. The van der Waals surface area contributed by atoms with E-state index in [2.05, 4.69) is 4.98 Å². The fourth-order valence-corrected chi connectivity index (χ4v) is 1.50. The third kappa shape index (κ3) is 1.77. The van der Waals surface area contributed by atoms with Gasteiger partial charge in [0.2, 0.25) is 6.20 Å². The summed E-state index contributed by atoms with van der Waals surface area (Å²) in [6, 6.07) is 7.19. The van der Waals surface area contributed by atoms with Crippen LogP contribution in [0.1, 0.15) is 11.1 Å². The minimum atomic E-state index is -0.511. The molecule has 1 N–H and O–H groups in total. The molecule has 0 bridgehead atoms.